The van der Waals surface area contributed by atoms with E-state index in [9.17, 15) is 22.8 Å². The van der Waals surface area contributed by atoms with Crippen LogP contribution >= 0.6 is 11.3 Å². The van der Waals surface area contributed by atoms with Crippen molar-refractivity contribution >= 4 is 29.1 Å². The van der Waals surface area contributed by atoms with Crippen molar-refractivity contribution in [3.8, 4) is 0 Å². The van der Waals surface area contributed by atoms with Crippen molar-refractivity contribution in [1.82, 2.24) is 14.7 Å². The van der Waals surface area contributed by atoms with Gasteiger partial charge in [0.05, 0.1) is 0 Å². The molecule has 1 atom stereocenters. The van der Waals surface area contributed by atoms with Crippen LogP contribution in [-0.2, 0) is 20.9 Å². The number of hydrogen-bond donors (Lipinski definition) is 1. The molecule has 0 bridgehead atoms. The van der Waals surface area contributed by atoms with E-state index in [1.54, 1.807) is 18.3 Å². The lowest BCUT2D eigenvalue weighted by Crippen LogP contribution is -2.43. The van der Waals surface area contributed by atoms with E-state index in [2.05, 4.69) is 21.7 Å². The second kappa shape index (κ2) is 9.12. The van der Waals surface area contributed by atoms with Crippen molar-refractivity contribution in [2.24, 2.45) is 5.41 Å². The average molecular weight is 435 g/mol. The van der Waals surface area contributed by atoms with Crippen molar-refractivity contribution in [3.05, 3.63) is 22.4 Å². The first-order chi connectivity index (χ1) is 13.4. The van der Waals surface area contributed by atoms with Gasteiger partial charge in [-0.05, 0) is 22.4 Å². The molecule has 3 heterocycles. The van der Waals surface area contributed by atoms with Crippen LogP contribution in [0, 0.1) is 5.41 Å². The van der Waals surface area contributed by atoms with Gasteiger partial charge in [0.15, 0.2) is 0 Å². The monoisotopic (exact) mass is 435 g/mol. The van der Waals surface area contributed by atoms with Gasteiger partial charge in [-0.2, -0.15) is 24.5 Å². The van der Waals surface area contributed by atoms with Gasteiger partial charge in [-0.15, -0.1) is 0 Å². The van der Waals surface area contributed by atoms with Crippen LogP contribution in [0.1, 0.15) is 18.9 Å². The molecule has 1 aromatic rings. The Morgan fingerprint density at radius 2 is 1.90 bits per heavy atom. The van der Waals surface area contributed by atoms with Crippen LogP contribution in [-0.4, -0.2) is 83.5 Å². The molecule has 2 saturated heterocycles. The molecule has 0 aromatic carbocycles. The van der Waals surface area contributed by atoms with Gasteiger partial charge in [-0.25, -0.2) is 4.79 Å². The quantitative estimate of drug-likeness (QED) is 0.768. The fraction of sp³-hybridized carbons (Fsp3) is 0.611. The second-order valence-corrected chi connectivity index (χ2v) is 8.29. The zero-order valence-corrected chi connectivity index (χ0v) is 17.1. The Hall–Kier alpha value is -2.14. The minimum absolute atomic E-state index is 0.110. The number of amides is 2. The molecule has 1 unspecified atom stereocenters. The van der Waals surface area contributed by atoms with E-state index in [0.717, 1.165) is 32.7 Å². The number of aliphatic carboxylic acids is 1. The summed E-state index contributed by atoms with van der Waals surface area (Å²) in [6.45, 7) is 6.46. The highest BCUT2D eigenvalue weighted by atomic mass is 32.1. The molecule has 1 aromatic heterocycles. The summed E-state index contributed by atoms with van der Waals surface area (Å²) in [5.41, 5.74) is 1.19. The van der Waals surface area contributed by atoms with Crippen molar-refractivity contribution in [2.75, 3.05) is 39.8 Å². The van der Waals surface area contributed by atoms with Crippen molar-refractivity contribution in [3.63, 3.8) is 0 Å². The van der Waals surface area contributed by atoms with Gasteiger partial charge in [0.2, 0.25) is 11.8 Å². The van der Waals surface area contributed by atoms with Crippen molar-refractivity contribution in [1.29, 1.82) is 0 Å². The van der Waals surface area contributed by atoms with E-state index in [0.29, 0.717) is 13.0 Å². The highest BCUT2D eigenvalue weighted by Gasteiger charge is 2.45. The van der Waals surface area contributed by atoms with Gasteiger partial charge in [-0.1, -0.05) is 0 Å². The predicted octanol–water partition coefficient (Wildman–Crippen LogP) is 1.89. The highest BCUT2D eigenvalue weighted by Crippen LogP contribution is 2.34. The number of carboxylic acids is 1. The molecule has 0 radical (unpaired) electrons. The molecule has 162 valence electrons. The number of hydrogen-bond acceptors (Lipinski definition) is 5. The third kappa shape index (κ3) is 6.43. The molecule has 0 aliphatic carbocycles. The first kappa shape index (κ1) is 23.1. The molecule has 7 nitrogen and oxygen atoms in total. The number of nitrogens with zero attached hydrogens (tertiary/aromatic N) is 3. The van der Waals surface area contributed by atoms with E-state index in [1.165, 1.54) is 5.56 Å². The van der Waals surface area contributed by atoms with E-state index >= 15 is 0 Å². The zero-order valence-electron chi connectivity index (χ0n) is 16.2. The number of likely N-dealkylation sites (tertiary alicyclic amines) is 1. The fourth-order valence-corrected chi connectivity index (χ4v) is 4.37. The summed E-state index contributed by atoms with van der Waals surface area (Å²) in [4.78, 5) is 39.0. The molecule has 11 heteroatoms. The molecule has 3 rings (SSSR count). The Balaban J connectivity index is 0.000000370. The minimum Gasteiger partial charge on any atom is -0.475 e. The summed E-state index contributed by atoms with van der Waals surface area (Å²) < 4.78 is 31.7. The smallest absolute Gasteiger partial charge is 0.475 e. The molecular weight excluding hydrogens is 411 g/mol. The lowest BCUT2D eigenvalue weighted by Gasteiger charge is -2.33. The number of alkyl halides is 3. The SMILES string of the molecule is CC(=O)N1CCN(Cc2ccsc2)CC2(CC(=O)N(C)C2)C1.O=C(O)C(F)(F)F. The van der Waals surface area contributed by atoms with Crippen LogP contribution in [0.4, 0.5) is 13.2 Å². The molecule has 2 amide bonds. The van der Waals surface area contributed by atoms with Gasteiger partial charge in [0.25, 0.3) is 0 Å². The van der Waals surface area contributed by atoms with Gasteiger partial charge in [-0.3, -0.25) is 14.5 Å². The van der Waals surface area contributed by atoms with Crippen LogP contribution in [0.5, 0.6) is 0 Å². The third-order valence-electron chi connectivity index (χ3n) is 4.97. The Morgan fingerprint density at radius 1 is 1.24 bits per heavy atom. The van der Waals surface area contributed by atoms with Crippen LogP contribution in [0.25, 0.3) is 0 Å². The predicted molar refractivity (Wildman–Crippen MR) is 100 cm³/mol. The van der Waals surface area contributed by atoms with E-state index in [1.807, 2.05) is 16.8 Å². The molecule has 0 saturated carbocycles. The Morgan fingerprint density at radius 3 is 2.34 bits per heavy atom. The van der Waals surface area contributed by atoms with Crippen LogP contribution < -0.4 is 0 Å². The van der Waals surface area contributed by atoms with Crippen LogP contribution in [0.15, 0.2) is 16.8 Å². The zero-order chi connectivity index (χ0) is 21.8. The minimum atomic E-state index is -5.08. The van der Waals surface area contributed by atoms with Gasteiger partial charge >= 0.3 is 12.1 Å². The van der Waals surface area contributed by atoms with Crippen LogP contribution in [0.3, 0.4) is 0 Å². The molecule has 2 aliphatic rings. The number of carboxylic acid groups (broad SMARTS) is 1. The lowest BCUT2D eigenvalue weighted by molar-refractivity contribution is -0.192. The summed E-state index contributed by atoms with van der Waals surface area (Å²) in [7, 11) is 1.86. The maximum atomic E-state index is 12.1. The summed E-state index contributed by atoms with van der Waals surface area (Å²) in [6, 6.07) is 2.15. The Bertz CT molecular complexity index is 741. The Labute approximate surface area is 170 Å². The van der Waals surface area contributed by atoms with Gasteiger partial charge in [0.1, 0.15) is 0 Å². The number of carbonyl (C=O) groups is 3. The van der Waals surface area contributed by atoms with Crippen molar-refractivity contribution in [2.45, 2.75) is 26.1 Å². The van der Waals surface area contributed by atoms with Crippen LogP contribution in [0.2, 0.25) is 0 Å². The third-order valence-corrected chi connectivity index (χ3v) is 5.70. The maximum absolute atomic E-state index is 12.1. The highest BCUT2D eigenvalue weighted by molar-refractivity contribution is 7.07. The lowest BCUT2D eigenvalue weighted by atomic mass is 9.86. The summed E-state index contributed by atoms with van der Waals surface area (Å²) >= 11 is 1.71. The second-order valence-electron chi connectivity index (χ2n) is 7.51. The van der Waals surface area contributed by atoms with Crippen molar-refractivity contribution < 1.29 is 32.7 Å². The fourth-order valence-electron chi connectivity index (χ4n) is 3.71. The summed E-state index contributed by atoms with van der Waals surface area (Å²) in [6.07, 6.45) is -4.53. The summed E-state index contributed by atoms with van der Waals surface area (Å²) in [5.74, 6) is -2.45. The number of rotatable bonds is 2. The van der Waals surface area contributed by atoms with E-state index in [-0.39, 0.29) is 17.2 Å². The topological polar surface area (TPSA) is 81.2 Å². The average Bonchev–Trinajstić information content (AvgIpc) is 3.14. The molecule has 29 heavy (non-hydrogen) atoms. The molecule has 1 spiro atoms. The van der Waals surface area contributed by atoms with E-state index in [4.69, 9.17) is 9.90 Å². The molecule has 2 fully saturated rings. The van der Waals surface area contributed by atoms with Gasteiger partial charge in [0, 0.05) is 65.1 Å². The maximum Gasteiger partial charge on any atom is 0.490 e. The number of thiophene rings is 1. The van der Waals surface area contributed by atoms with Gasteiger partial charge < -0.3 is 14.9 Å². The standard InChI is InChI=1S/C16H23N3O2S.C2HF3O2/c1-13(20)19-5-4-18(8-14-3-6-22-9-14)11-16(12-19)7-15(21)17(2)10-16;3-2(4,5)1(6)7/h3,6,9H,4-5,7-8,10-12H2,1-2H3;(H,6,7). The van der Waals surface area contributed by atoms with E-state index < -0.39 is 12.1 Å². The Kier molecular flexibility index (Phi) is 7.28. The number of carbonyl (C=O) groups excluding carboxylic acids is 2. The first-order valence-electron chi connectivity index (χ1n) is 8.95. The molecule has 2 aliphatic heterocycles. The molecular formula is C18H24F3N3O4S. The first-order valence-corrected chi connectivity index (χ1v) is 9.89. The number of halogens is 3. The normalized spacial score (nSPS) is 23.0. The molecule has 1 N–H and O–H groups in total. The largest absolute Gasteiger partial charge is 0.490 e. The summed E-state index contributed by atoms with van der Waals surface area (Å²) in [5, 5.41) is 11.4.